The quantitative estimate of drug-likeness (QED) is 0.251. The van der Waals surface area contributed by atoms with Gasteiger partial charge in [-0.15, -0.1) is 0 Å². The Kier molecular flexibility index (Phi) is 6.00. The molecule has 4 aromatic rings. The molecule has 1 fully saturated rings. The minimum Gasteiger partial charge on any atom is -0.497 e. The van der Waals surface area contributed by atoms with Crippen molar-refractivity contribution in [3.8, 4) is 5.75 Å². The zero-order valence-electron chi connectivity index (χ0n) is 19.0. The van der Waals surface area contributed by atoms with Crippen LogP contribution in [0.15, 0.2) is 79.0 Å². The van der Waals surface area contributed by atoms with Gasteiger partial charge in [0, 0.05) is 11.5 Å². The van der Waals surface area contributed by atoms with Gasteiger partial charge in [-0.2, -0.15) is 5.10 Å². The highest BCUT2D eigenvalue weighted by molar-refractivity contribution is 6.01. The summed E-state index contributed by atoms with van der Waals surface area (Å²) in [5, 5.41) is 17.3. The van der Waals surface area contributed by atoms with Gasteiger partial charge in [0.05, 0.1) is 18.8 Å². The van der Waals surface area contributed by atoms with Gasteiger partial charge >= 0.3 is 5.97 Å². The Morgan fingerprint density at radius 2 is 1.71 bits per heavy atom. The van der Waals surface area contributed by atoms with E-state index in [1.54, 1.807) is 13.2 Å². The van der Waals surface area contributed by atoms with E-state index in [0.717, 1.165) is 52.3 Å². The van der Waals surface area contributed by atoms with E-state index in [4.69, 9.17) is 9.84 Å². The fourth-order valence-corrected chi connectivity index (χ4v) is 4.56. The van der Waals surface area contributed by atoms with E-state index in [2.05, 4.69) is 52.7 Å². The molecule has 0 radical (unpaired) electrons. The predicted octanol–water partition coefficient (Wildman–Crippen LogP) is 6.43. The van der Waals surface area contributed by atoms with Crippen LogP contribution >= 0.6 is 0 Å². The molecule has 1 aromatic heterocycles. The molecular formula is C29H26N2O3. The molecule has 0 spiro atoms. The number of H-pyrrole nitrogens is 1. The third-order valence-corrected chi connectivity index (χ3v) is 6.53. The zero-order chi connectivity index (χ0) is 23.5. The van der Waals surface area contributed by atoms with Gasteiger partial charge in [0.25, 0.3) is 0 Å². The Hall–Kier alpha value is -4.12. The first-order valence-corrected chi connectivity index (χ1v) is 11.5. The van der Waals surface area contributed by atoms with Crippen LogP contribution in [0.3, 0.4) is 0 Å². The smallest absolute Gasteiger partial charge is 0.328 e. The highest BCUT2D eigenvalue weighted by atomic mass is 16.5. The number of aliphatic carboxylic acids is 1. The number of ether oxygens (including phenoxy) is 1. The normalized spacial score (nSPS) is 14.7. The van der Waals surface area contributed by atoms with E-state index in [1.165, 1.54) is 23.1 Å². The van der Waals surface area contributed by atoms with Crippen LogP contribution < -0.4 is 4.74 Å². The number of carboxylic acid groups (broad SMARTS) is 1. The molecular weight excluding hydrogens is 424 g/mol. The largest absolute Gasteiger partial charge is 0.497 e. The lowest BCUT2D eigenvalue weighted by atomic mass is 9.73. The Labute approximate surface area is 198 Å². The van der Waals surface area contributed by atoms with Crippen LogP contribution in [0.4, 0.5) is 0 Å². The number of methoxy groups -OCH3 is 1. The molecule has 1 aliphatic rings. The molecule has 0 saturated heterocycles. The maximum absolute atomic E-state index is 10.9. The van der Waals surface area contributed by atoms with Gasteiger partial charge in [-0.3, -0.25) is 5.10 Å². The zero-order valence-corrected chi connectivity index (χ0v) is 19.0. The van der Waals surface area contributed by atoms with Gasteiger partial charge in [-0.1, -0.05) is 48.9 Å². The van der Waals surface area contributed by atoms with Crippen molar-refractivity contribution in [2.45, 2.75) is 19.3 Å². The first-order valence-electron chi connectivity index (χ1n) is 11.5. The molecule has 1 aliphatic carbocycles. The van der Waals surface area contributed by atoms with E-state index >= 15 is 0 Å². The molecule has 2 N–H and O–H groups in total. The van der Waals surface area contributed by atoms with Crippen molar-refractivity contribution < 1.29 is 14.6 Å². The van der Waals surface area contributed by atoms with Crippen LogP contribution in [0.2, 0.25) is 0 Å². The van der Waals surface area contributed by atoms with Crippen molar-refractivity contribution in [1.82, 2.24) is 10.2 Å². The standard InChI is InChI=1S/C29H26N2O3/c1-34-25-13-10-22(11-14-25)28(20-3-2-4-20)29(23-12-15-26-24(17-23)18-30-31-26)21-8-5-19(6-9-21)7-16-27(32)33/h5-18,20H,2-4H2,1H3,(H,30,31)(H,32,33). The summed E-state index contributed by atoms with van der Waals surface area (Å²) in [6, 6.07) is 22.8. The summed E-state index contributed by atoms with van der Waals surface area (Å²) in [6.45, 7) is 0. The van der Waals surface area contributed by atoms with Crippen molar-refractivity contribution in [2.24, 2.45) is 5.92 Å². The third kappa shape index (κ3) is 4.37. The minimum atomic E-state index is -0.954. The predicted molar refractivity (Wildman–Crippen MR) is 135 cm³/mol. The van der Waals surface area contributed by atoms with Crippen LogP contribution in [-0.4, -0.2) is 28.4 Å². The molecule has 5 rings (SSSR count). The SMILES string of the molecule is COc1ccc(C(=C(c2ccc(C=CC(=O)O)cc2)c2ccc3[nH]ncc3c2)C2CCC2)cc1. The second kappa shape index (κ2) is 9.40. The van der Waals surface area contributed by atoms with Crippen LogP contribution in [0.5, 0.6) is 5.75 Å². The van der Waals surface area contributed by atoms with Crippen molar-refractivity contribution in [1.29, 1.82) is 0 Å². The van der Waals surface area contributed by atoms with Gasteiger partial charge in [-0.25, -0.2) is 4.79 Å². The summed E-state index contributed by atoms with van der Waals surface area (Å²) >= 11 is 0. The van der Waals surface area contributed by atoms with Gasteiger partial charge < -0.3 is 9.84 Å². The number of benzene rings is 3. The third-order valence-electron chi connectivity index (χ3n) is 6.53. The van der Waals surface area contributed by atoms with Crippen LogP contribution in [-0.2, 0) is 4.79 Å². The van der Waals surface area contributed by atoms with E-state index < -0.39 is 5.97 Å². The molecule has 0 bridgehead atoms. The molecule has 1 heterocycles. The first-order chi connectivity index (χ1) is 16.6. The second-order valence-corrected chi connectivity index (χ2v) is 8.61. The maximum Gasteiger partial charge on any atom is 0.328 e. The summed E-state index contributed by atoms with van der Waals surface area (Å²) in [6.07, 6.45) is 8.19. The van der Waals surface area contributed by atoms with Crippen molar-refractivity contribution >= 4 is 34.1 Å². The van der Waals surface area contributed by atoms with E-state index in [9.17, 15) is 4.79 Å². The number of nitrogens with one attached hydrogen (secondary N) is 1. The Bertz CT molecular complexity index is 1380. The number of fused-ring (bicyclic) bond motifs is 1. The molecule has 0 amide bonds. The summed E-state index contributed by atoms with van der Waals surface area (Å²) in [7, 11) is 1.68. The van der Waals surface area contributed by atoms with Crippen molar-refractivity contribution in [2.75, 3.05) is 7.11 Å². The number of hydrogen-bond donors (Lipinski definition) is 2. The number of carboxylic acids is 1. The Morgan fingerprint density at radius 3 is 2.35 bits per heavy atom. The lowest BCUT2D eigenvalue weighted by molar-refractivity contribution is -0.131. The molecule has 0 aliphatic heterocycles. The molecule has 5 nitrogen and oxygen atoms in total. The Morgan fingerprint density at radius 1 is 1.00 bits per heavy atom. The van der Waals surface area contributed by atoms with E-state index in [-0.39, 0.29) is 0 Å². The number of carbonyl (C=O) groups is 1. The van der Waals surface area contributed by atoms with E-state index in [1.807, 2.05) is 30.5 Å². The summed E-state index contributed by atoms with van der Waals surface area (Å²) in [5.41, 5.74) is 7.84. The maximum atomic E-state index is 10.9. The summed E-state index contributed by atoms with van der Waals surface area (Å²) < 4.78 is 5.40. The number of rotatable bonds is 7. The average Bonchev–Trinajstić information content (AvgIpc) is 3.30. The van der Waals surface area contributed by atoms with Crippen molar-refractivity contribution in [3.63, 3.8) is 0 Å². The number of aromatic amines is 1. The Balaban J connectivity index is 1.71. The first kappa shape index (κ1) is 21.7. The minimum absolute atomic E-state index is 0.482. The number of allylic oxidation sites excluding steroid dienone is 1. The molecule has 3 aromatic carbocycles. The van der Waals surface area contributed by atoms with Crippen LogP contribution in [0, 0.1) is 5.92 Å². The molecule has 170 valence electrons. The van der Waals surface area contributed by atoms with Gasteiger partial charge in [0.15, 0.2) is 0 Å². The topological polar surface area (TPSA) is 75.2 Å². The molecule has 0 unspecified atom stereocenters. The van der Waals surface area contributed by atoms with Gasteiger partial charge in [0.2, 0.25) is 0 Å². The lowest BCUT2D eigenvalue weighted by Gasteiger charge is -2.31. The summed E-state index contributed by atoms with van der Waals surface area (Å²) in [5.74, 6) is 0.368. The number of hydrogen-bond acceptors (Lipinski definition) is 3. The summed E-state index contributed by atoms with van der Waals surface area (Å²) in [4.78, 5) is 10.9. The van der Waals surface area contributed by atoms with Gasteiger partial charge in [0.1, 0.15) is 5.75 Å². The fraction of sp³-hybridized carbons (Fsp3) is 0.172. The number of nitrogens with zero attached hydrogens (tertiary/aromatic N) is 1. The second-order valence-electron chi connectivity index (χ2n) is 8.61. The molecule has 0 atom stereocenters. The van der Waals surface area contributed by atoms with Crippen molar-refractivity contribution in [3.05, 3.63) is 101 Å². The van der Waals surface area contributed by atoms with Crippen LogP contribution in [0.25, 0.3) is 28.1 Å². The lowest BCUT2D eigenvalue weighted by Crippen LogP contribution is -2.15. The highest BCUT2D eigenvalue weighted by Gasteiger charge is 2.27. The number of aromatic nitrogens is 2. The van der Waals surface area contributed by atoms with Crippen LogP contribution in [0.1, 0.15) is 41.5 Å². The molecule has 34 heavy (non-hydrogen) atoms. The van der Waals surface area contributed by atoms with Gasteiger partial charge in [-0.05, 0) is 82.5 Å². The van der Waals surface area contributed by atoms with E-state index in [0.29, 0.717) is 5.92 Å². The molecule has 1 saturated carbocycles. The fourth-order valence-electron chi connectivity index (χ4n) is 4.56. The highest BCUT2D eigenvalue weighted by Crippen LogP contribution is 2.45. The average molecular weight is 451 g/mol. The molecule has 5 heteroatoms. The monoisotopic (exact) mass is 450 g/mol.